The van der Waals surface area contributed by atoms with Gasteiger partial charge in [-0.15, -0.1) is 0 Å². The zero-order valence-electron chi connectivity index (χ0n) is 15.2. The number of aromatic nitrogens is 1. The molecule has 4 nitrogen and oxygen atoms in total. The fourth-order valence-corrected chi connectivity index (χ4v) is 3.50. The van der Waals surface area contributed by atoms with Crippen LogP contribution in [-0.2, 0) is 0 Å². The number of para-hydroxylation sites is 1. The fraction of sp³-hybridized carbons (Fsp3) is 0.0870. The number of fused-ring (bicyclic) bond motifs is 1. The van der Waals surface area contributed by atoms with Gasteiger partial charge in [0.05, 0.1) is 0 Å². The number of amides is 2. The van der Waals surface area contributed by atoms with Crippen molar-refractivity contribution in [1.82, 2.24) is 10.3 Å². The Bertz CT molecular complexity index is 1070. The van der Waals surface area contributed by atoms with E-state index < -0.39 is 0 Å². The number of aromatic amines is 1. The van der Waals surface area contributed by atoms with Crippen molar-refractivity contribution >= 4 is 34.2 Å². The third-order valence-electron chi connectivity index (χ3n) is 4.77. The monoisotopic (exact) mass is 389 g/mol. The van der Waals surface area contributed by atoms with Crippen LogP contribution in [0.4, 0.5) is 10.5 Å². The van der Waals surface area contributed by atoms with E-state index in [0.717, 1.165) is 22.0 Å². The molecule has 0 saturated heterocycles. The summed E-state index contributed by atoms with van der Waals surface area (Å²) in [6.45, 7) is 0.477. The van der Waals surface area contributed by atoms with E-state index in [1.165, 1.54) is 0 Å². The average molecular weight is 390 g/mol. The van der Waals surface area contributed by atoms with Crippen LogP contribution in [0.3, 0.4) is 0 Å². The first-order chi connectivity index (χ1) is 13.7. The number of carbonyl (C=O) groups is 1. The largest absolute Gasteiger partial charge is 0.361 e. The summed E-state index contributed by atoms with van der Waals surface area (Å²) in [5.41, 5.74) is 4.10. The molecule has 4 aromatic rings. The van der Waals surface area contributed by atoms with Crippen LogP contribution in [0.2, 0.25) is 5.02 Å². The van der Waals surface area contributed by atoms with Gasteiger partial charge in [-0.25, -0.2) is 4.79 Å². The number of urea groups is 1. The van der Waals surface area contributed by atoms with Crippen molar-refractivity contribution in [1.29, 1.82) is 0 Å². The Hall–Kier alpha value is -3.24. The van der Waals surface area contributed by atoms with E-state index in [-0.39, 0.29) is 11.9 Å². The Morgan fingerprint density at radius 1 is 0.929 bits per heavy atom. The number of benzene rings is 3. The highest BCUT2D eigenvalue weighted by Gasteiger charge is 2.19. The zero-order chi connectivity index (χ0) is 19.3. The molecule has 28 heavy (non-hydrogen) atoms. The van der Waals surface area contributed by atoms with Crippen molar-refractivity contribution in [3.63, 3.8) is 0 Å². The first-order valence-corrected chi connectivity index (χ1v) is 9.50. The predicted molar refractivity (Wildman–Crippen MR) is 115 cm³/mol. The number of nitrogens with one attached hydrogen (secondary N) is 3. The number of rotatable bonds is 5. The normalized spacial score (nSPS) is 11.9. The highest BCUT2D eigenvalue weighted by Crippen LogP contribution is 2.30. The Morgan fingerprint density at radius 2 is 1.64 bits per heavy atom. The van der Waals surface area contributed by atoms with Crippen molar-refractivity contribution in [3.05, 3.63) is 101 Å². The van der Waals surface area contributed by atoms with E-state index >= 15 is 0 Å². The fourth-order valence-electron chi connectivity index (χ4n) is 3.38. The van der Waals surface area contributed by atoms with E-state index in [4.69, 9.17) is 11.6 Å². The van der Waals surface area contributed by atoms with Crippen LogP contribution in [0.1, 0.15) is 17.0 Å². The lowest BCUT2D eigenvalue weighted by molar-refractivity contribution is 0.252. The molecule has 0 aliphatic carbocycles. The summed E-state index contributed by atoms with van der Waals surface area (Å²) >= 11 is 5.89. The molecule has 0 aliphatic rings. The molecule has 0 bridgehead atoms. The maximum Gasteiger partial charge on any atom is 0.319 e. The second-order valence-electron chi connectivity index (χ2n) is 6.59. The predicted octanol–water partition coefficient (Wildman–Crippen LogP) is 5.77. The summed E-state index contributed by atoms with van der Waals surface area (Å²) in [4.78, 5) is 15.7. The molecule has 5 heteroatoms. The Kier molecular flexibility index (Phi) is 5.31. The van der Waals surface area contributed by atoms with E-state index in [9.17, 15) is 4.79 Å². The lowest BCUT2D eigenvalue weighted by Gasteiger charge is -2.18. The lowest BCUT2D eigenvalue weighted by Crippen LogP contribution is -2.32. The second-order valence-corrected chi connectivity index (χ2v) is 7.03. The van der Waals surface area contributed by atoms with E-state index in [1.54, 1.807) is 24.3 Å². The molecular formula is C23H20ClN3O. The summed E-state index contributed by atoms with van der Waals surface area (Å²) < 4.78 is 0. The molecular weight excluding hydrogens is 370 g/mol. The smallest absolute Gasteiger partial charge is 0.319 e. The van der Waals surface area contributed by atoms with E-state index in [2.05, 4.69) is 39.9 Å². The number of carbonyl (C=O) groups excluding carboxylic acids is 1. The quantitative estimate of drug-likeness (QED) is 0.398. The Balaban J connectivity index is 1.55. The van der Waals surface area contributed by atoms with Gasteiger partial charge in [-0.05, 0) is 41.5 Å². The van der Waals surface area contributed by atoms with Gasteiger partial charge in [0.2, 0.25) is 0 Å². The standard InChI is InChI=1S/C23H20ClN3O/c24-17-10-12-18(13-11-17)27-23(28)26-14-20(16-6-2-1-3-7-16)21-15-25-22-9-5-4-8-19(21)22/h1-13,15,20,25H,14H2,(H2,26,27,28). The van der Waals surface area contributed by atoms with Gasteiger partial charge in [0, 0.05) is 40.3 Å². The van der Waals surface area contributed by atoms with Crippen molar-refractivity contribution in [3.8, 4) is 0 Å². The molecule has 1 unspecified atom stereocenters. The minimum atomic E-state index is -0.247. The van der Waals surface area contributed by atoms with Gasteiger partial charge in [-0.3, -0.25) is 0 Å². The molecule has 3 aromatic carbocycles. The number of hydrogen-bond donors (Lipinski definition) is 3. The van der Waals surface area contributed by atoms with Gasteiger partial charge in [-0.1, -0.05) is 60.1 Å². The molecule has 1 atom stereocenters. The molecule has 1 aromatic heterocycles. The molecule has 140 valence electrons. The minimum Gasteiger partial charge on any atom is -0.361 e. The third kappa shape index (κ3) is 4.02. The minimum absolute atomic E-state index is 0.0355. The molecule has 0 radical (unpaired) electrons. The summed E-state index contributed by atoms with van der Waals surface area (Å²) in [6, 6.07) is 25.2. The van der Waals surface area contributed by atoms with Crippen LogP contribution in [0.15, 0.2) is 85.1 Å². The molecule has 0 aliphatic heterocycles. The lowest BCUT2D eigenvalue weighted by atomic mass is 9.91. The van der Waals surface area contributed by atoms with Crippen LogP contribution < -0.4 is 10.6 Å². The summed E-state index contributed by atoms with van der Waals surface area (Å²) in [5.74, 6) is 0.0355. The molecule has 3 N–H and O–H groups in total. The van der Waals surface area contributed by atoms with Crippen molar-refractivity contribution in [2.24, 2.45) is 0 Å². The molecule has 1 heterocycles. The SMILES string of the molecule is O=C(NCC(c1ccccc1)c1c[nH]c2ccccc12)Nc1ccc(Cl)cc1. The molecule has 0 spiro atoms. The molecule has 4 rings (SSSR count). The number of halogens is 1. The van der Waals surface area contributed by atoms with Gasteiger partial charge in [0.25, 0.3) is 0 Å². The van der Waals surface area contributed by atoms with Crippen molar-refractivity contribution < 1.29 is 4.79 Å². The topological polar surface area (TPSA) is 56.9 Å². The first-order valence-electron chi connectivity index (χ1n) is 9.12. The van der Waals surface area contributed by atoms with Crippen LogP contribution in [0.25, 0.3) is 10.9 Å². The van der Waals surface area contributed by atoms with Gasteiger partial charge >= 0.3 is 6.03 Å². The van der Waals surface area contributed by atoms with Crippen molar-refractivity contribution in [2.75, 3.05) is 11.9 Å². The Labute approximate surface area is 168 Å². The third-order valence-corrected chi connectivity index (χ3v) is 5.02. The maximum atomic E-state index is 12.4. The number of H-pyrrole nitrogens is 1. The molecule has 0 saturated carbocycles. The number of anilines is 1. The van der Waals surface area contributed by atoms with Gasteiger partial charge in [-0.2, -0.15) is 0 Å². The Morgan fingerprint density at radius 3 is 2.43 bits per heavy atom. The summed E-state index contributed by atoms with van der Waals surface area (Å²) in [6.07, 6.45) is 2.03. The van der Waals surface area contributed by atoms with Crippen LogP contribution in [0.5, 0.6) is 0 Å². The molecule has 2 amide bonds. The maximum absolute atomic E-state index is 12.4. The summed E-state index contributed by atoms with van der Waals surface area (Å²) in [5, 5.41) is 7.64. The highest BCUT2D eigenvalue weighted by atomic mass is 35.5. The average Bonchev–Trinajstić information content (AvgIpc) is 3.15. The first kappa shape index (κ1) is 18.1. The van der Waals surface area contributed by atoms with Gasteiger partial charge in [0.15, 0.2) is 0 Å². The van der Waals surface area contributed by atoms with Gasteiger partial charge in [0.1, 0.15) is 0 Å². The number of hydrogen-bond acceptors (Lipinski definition) is 1. The second kappa shape index (κ2) is 8.19. The van der Waals surface area contributed by atoms with E-state index in [0.29, 0.717) is 17.3 Å². The van der Waals surface area contributed by atoms with Gasteiger partial charge < -0.3 is 15.6 Å². The molecule has 0 fully saturated rings. The van der Waals surface area contributed by atoms with Crippen LogP contribution in [-0.4, -0.2) is 17.6 Å². The van der Waals surface area contributed by atoms with Crippen LogP contribution >= 0.6 is 11.6 Å². The van der Waals surface area contributed by atoms with Crippen molar-refractivity contribution in [2.45, 2.75) is 5.92 Å². The van der Waals surface area contributed by atoms with Crippen LogP contribution in [0, 0.1) is 0 Å². The zero-order valence-corrected chi connectivity index (χ0v) is 15.9. The summed E-state index contributed by atoms with van der Waals surface area (Å²) in [7, 11) is 0. The van der Waals surface area contributed by atoms with E-state index in [1.807, 2.05) is 36.5 Å². The highest BCUT2D eigenvalue weighted by molar-refractivity contribution is 6.30.